The number of hydrogen-bond donors (Lipinski definition) is 1. The molecule has 0 aromatic heterocycles. The second-order valence-electron chi connectivity index (χ2n) is 7.71. The zero-order valence-corrected chi connectivity index (χ0v) is 19.1. The molecule has 1 aliphatic heterocycles. The molecule has 1 amide bonds. The number of aromatic hydroxyl groups is 1. The van der Waals surface area contributed by atoms with Gasteiger partial charge in [0.2, 0.25) is 5.43 Å². The van der Waals surface area contributed by atoms with Crippen LogP contribution < -0.4 is 5.43 Å². The molecule has 32 heavy (non-hydrogen) atoms. The van der Waals surface area contributed by atoms with Crippen LogP contribution >= 0.6 is 23.2 Å². The molecule has 2 aromatic rings. The molecule has 0 unspecified atom stereocenters. The van der Waals surface area contributed by atoms with Crippen molar-refractivity contribution in [1.82, 2.24) is 4.90 Å². The molecule has 1 aliphatic carbocycles. The summed E-state index contributed by atoms with van der Waals surface area (Å²) in [5.74, 6) is 0.165. The monoisotopic (exact) mass is 469 g/mol. The number of rotatable bonds is 5. The van der Waals surface area contributed by atoms with E-state index in [4.69, 9.17) is 27.6 Å². The number of benzene rings is 3. The number of phenolic OH excluding ortho intramolecular Hbond substituents is 1. The maximum absolute atomic E-state index is 12.7. The van der Waals surface area contributed by atoms with Crippen LogP contribution in [0.15, 0.2) is 57.7 Å². The molecule has 0 radical (unpaired) electrons. The van der Waals surface area contributed by atoms with E-state index >= 15 is 0 Å². The molecular weight excluding hydrogens is 449 g/mol. The zero-order valence-electron chi connectivity index (χ0n) is 17.6. The summed E-state index contributed by atoms with van der Waals surface area (Å²) in [4.78, 5) is 26.5. The third kappa shape index (κ3) is 4.06. The van der Waals surface area contributed by atoms with Gasteiger partial charge in [0.1, 0.15) is 17.1 Å². The van der Waals surface area contributed by atoms with Crippen molar-refractivity contribution in [2.24, 2.45) is 0 Å². The van der Waals surface area contributed by atoms with Gasteiger partial charge in [-0.25, -0.2) is 0 Å². The zero-order chi connectivity index (χ0) is 23.0. The van der Waals surface area contributed by atoms with Crippen molar-refractivity contribution >= 4 is 40.1 Å². The summed E-state index contributed by atoms with van der Waals surface area (Å²) in [5, 5.41) is 10.9. The van der Waals surface area contributed by atoms with Crippen LogP contribution in [0.1, 0.15) is 30.1 Å². The SMILES string of the molecule is CCCCN(C)C(=O)c1ccc(-c2c3cc(Cl)c(=O)cc-3oc3cc(O)c(Cl)cc23)cc1. The third-order valence-corrected chi connectivity index (χ3v) is 6.05. The Kier molecular flexibility index (Phi) is 6.13. The fraction of sp³-hybridized carbons (Fsp3) is 0.200. The normalized spacial score (nSPS) is 11.2. The van der Waals surface area contributed by atoms with Crippen molar-refractivity contribution in [2.45, 2.75) is 19.8 Å². The van der Waals surface area contributed by atoms with Crippen molar-refractivity contribution < 1.29 is 14.3 Å². The Morgan fingerprint density at radius 2 is 1.78 bits per heavy atom. The van der Waals surface area contributed by atoms with Crippen LogP contribution in [-0.2, 0) is 0 Å². The minimum absolute atomic E-state index is 0.0465. The lowest BCUT2D eigenvalue weighted by atomic mass is 9.93. The van der Waals surface area contributed by atoms with Crippen LogP contribution in [-0.4, -0.2) is 29.5 Å². The highest BCUT2D eigenvalue weighted by atomic mass is 35.5. The van der Waals surface area contributed by atoms with E-state index < -0.39 is 0 Å². The van der Waals surface area contributed by atoms with Crippen molar-refractivity contribution in [1.29, 1.82) is 0 Å². The molecule has 7 heteroatoms. The van der Waals surface area contributed by atoms with Crippen molar-refractivity contribution in [3.8, 4) is 28.2 Å². The average Bonchev–Trinajstić information content (AvgIpc) is 2.78. The minimum atomic E-state index is -0.359. The predicted molar refractivity (Wildman–Crippen MR) is 128 cm³/mol. The van der Waals surface area contributed by atoms with Gasteiger partial charge in [-0.05, 0) is 36.2 Å². The number of hydrogen-bond acceptors (Lipinski definition) is 4. The number of amides is 1. The molecular formula is C25H21Cl2NO4. The molecule has 0 spiro atoms. The first-order chi connectivity index (χ1) is 15.3. The Morgan fingerprint density at radius 3 is 2.47 bits per heavy atom. The van der Waals surface area contributed by atoms with Gasteiger partial charge < -0.3 is 14.4 Å². The first kappa shape index (κ1) is 22.2. The quantitative estimate of drug-likeness (QED) is 0.341. The Morgan fingerprint density at radius 1 is 1.06 bits per heavy atom. The van der Waals surface area contributed by atoms with Gasteiger partial charge in [-0.15, -0.1) is 0 Å². The first-order valence-electron chi connectivity index (χ1n) is 10.2. The van der Waals surface area contributed by atoms with Crippen LogP contribution in [0.25, 0.3) is 33.4 Å². The number of carbonyl (C=O) groups is 1. The topological polar surface area (TPSA) is 70.8 Å². The molecule has 1 heterocycles. The van der Waals surface area contributed by atoms with E-state index in [1.165, 1.54) is 12.1 Å². The van der Waals surface area contributed by atoms with Crippen LogP contribution in [0.5, 0.6) is 5.75 Å². The Balaban J connectivity index is 1.89. The van der Waals surface area contributed by atoms with Gasteiger partial charge in [-0.1, -0.05) is 48.7 Å². The van der Waals surface area contributed by atoms with Gasteiger partial charge >= 0.3 is 0 Å². The third-order valence-electron chi connectivity index (χ3n) is 5.46. The highest BCUT2D eigenvalue weighted by Gasteiger charge is 2.21. The van der Waals surface area contributed by atoms with Crippen LogP contribution in [0.3, 0.4) is 0 Å². The molecule has 2 aliphatic rings. The predicted octanol–water partition coefficient (Wildman–Crippen LogP) is 6.45. The van der Waals surface area contributed by atoms with E-state index in [-0.39, 0.29) is 27.1 Å². The van der Waals surface area contributed by atoms with E-state index in [1.807, 2.05) is 12.1 Å². The minimum Gasteiger partial charge on any atom is -0.506 e. The highest BCUT2D eigenvalue weighted by Crippen LogP contribution is 2.43. The number of halogens is 2. The van der Waals surface area contributed by atoms with Gasteiger partial charge in [0, 0.05) is 47.8 Å². The maximum Gasteiger partial charge on any atom is 0.253 e. The molecule has 0 atom stereocenters. The smallest absolute Gasteiger partial charge is 0.253 e. The summed E-state index contributed by atoms with van der Waals surface area (Å²) >= 11 is 12.3. The Hall–Kier alpha value is -3.02. The molecule has 0 fully saturated rings. The van der Waals surface area contributed by atoms with E-state index in [2.05, 4.69) is 6.92 Å². The van der Waals surface area contributed by atoms with Crippen molar-refractivity contribution in [2.75, 3.05) is 13.6 Å². The largest absolute Gasteiger partial charge is 0.506 e. The number of carbonyl (C=O) groups excluding carboxylic acids is 1. The standard InChI is InChI=1S/C25H21Cl2NO4/c1-3-4-9-28(2)25(31)15-7-5-14(6-8-15)24-16-10-18(26)20(29)12-22(16)32-23-13-21(30)19(27)11-17(23)24/h5-8,10-13,29H,3-4,9H2,1-2H3. The fourth-order valence-electron chi connectivity index (χ4n) is 3.71. The lowest BCUT2D eigenvalue weighted by Gasteiger charge is -2.18. The van der Waals surface area contributed by atoms with Gasteiger partial charge in [0.25, 0.3) is 5.91 Å². The molecule has 1 N–H and O–H groups in total. The number of unbranched alkanes of at least 4 members (excludes halogenated alkanes) is 1. The summed E-state index contributed by atoms with van der Waals surface area (Å²) in [7, 11) is 1.79. The lowest BCUT2D eigenvalue weighted by molar-refractivity contribution is 0.0793. The fourth-order valence-corrected chi connectivity index (χ4v) is 4.04. The molecule has 164 valence electrons. The first-order valence-corrected chi connectivity index (χ1v) is 11.0. The van der Waals surface area contributed by atoms with Crippen LogP contribution in [0.2, 0.25) is 10.0 Å². The second-order valence-corrected chi connectivity index (χ2v) is 8.53. The van der Waals surface area contributed by atoms with Gasteiger partial charge in [-0.2, -0.15) is 0 Å². The molecule has 0 bridgehead atoms. The highest BCUT2D eigenvalue weighted by molar-refractivity contribution is 6.33. The Labute approximate surface area is 195 Å². The number of nitrogens with zero attached hydrogens (tertiary/aromatic N) is 1. The molecule has 4 rings (SSSR count). The van der Waals surface area contributed by atoms with Gasteiger partial charge in [0.15, 0.2) is 0 Å². The van der Waals surface area contributed by atoms with Gasteiger partial charge in [0.05, 0.1) is 10.0 Å². The van der Waals surface area contributed by atoms with E-state index in [1.54, 1.807) is 36.2 Å². The number of phenols is 1. The van der Waals surface area contributed by atoms with E-state index in [0.717, 1.165) is 24.0 Å². The average molecular weight is 470 g/mol. The molecule has 2 aromatic carbocycles. The summed E-state index contributed by atoms with van der Waals surface area (Å²) < 4.78 is 5.87. The summed E-state index contributed by atoms with van der Waals surface area (Å²) in [6.07, 6.45) is 1.96. The molecule has 0 saturated heterocycles. The summed E-state index contributed by atoms with van der Waals surface area (Å²) in [6, 6.07) is 13.1. The van der Waals surface area contributed by atoms with E-state index in [0.29, 0.717) is 34.4 Å². The molecule has 5 nitrogen and oxygen atoms in total. The molecule has 0 saturated carbocycles. The van der Waals surface area contributed by atoms with Crippen molar-refractivity contribution in [3.05, 3.63) is 74.4 Å². The van der Waals surface area contributed by atoms with E-state index in [9.17, 15) is 14.7 Å². The summed E-state index contributed by atoms with van der Waals surface area (Å²) in [5.41, 5.74) is 2.75. The van der Waals surface area contributed by atoms with Crippen LogP contribution in [0, 0.1) is 0 Å². The van der Waals surface area contributed by atoms with Gasteiger partial charge in [-0.3, -0.25) is 9.59 Å². The van der Waals surface area contributed by atoms with Crippen LogP contribution in [0.4, 0.5) is 0 Å². The van der Waals surface area contributed by atoms with Crippen molar-refractivity contribution in [3.63, 3.8) is 0 Å². The summed E-state index contributed by atoms with van der Waals surface area (Å²) in [6.45, 7) is 2.78. The lowest BCUT2D eigenvalue weighted by Crippen LogP contribution is -2.27. The maximum atomic E-state index is 12.7. The Bertz CT molecular complexity index is 1350. The second kappa shape index (κ2) is 8.85. The number of fused-ring (bicyclic) bond motifs is 2.